The van der Waals surface area contributed by atoms with Crippen LogP contribution in [0.5, 0.6) is 5.75 Å². The zero-order chi connectivity index (χ0) is 16.1. The summed E-state index contributed by atoms with van der Waals surface area (Å²) >= 11 is 0. The first-order valence-electron chi connectivity index (χ1n) is 8.66. The van der Waals surface area contributed by atoms with Gasteiger partial charge in [-0.3, -0.25) is 5.10 Å². The van der Waals surface area contributed by atoms with E-state index in [0.717, 1.165) is 48.4 Å². The van der Waals surface area contributed by atoms with Gasteiger partial charge in [-0.1, -0.05) is 13.8 Å². The number of hydrogen-bond donors (Lipinski definition) is 1. The number of aromatic nitrogens is 2. The van der Waals surface area contributed by atoms with Crippen LogP contribution in [0.4, 0.5) is 0 Å². The zero-order valence-corrected chi connectivity index (χ0v) is 14.2. The highest BCUT2D eigenvalue weighted by Gasteiger charge is 2.20. The largest absolute Gasteiger partial charge is 0.494 e. The Morgan fingerprint density at radius 3 is 2.52 bits per heavy atom. The Kier molecular flexibility index (Phi) is 5.34. The maximum absolute atomic E-state index is 5.87. The molecule has 124 valence electrons. The fourth-order valence-corrected chi connectivity index (χ4v) is 3.60. The molecule has 2 atom stereocenters. The molecule has 0 saturated carbocycles. The molecule has 1 unspecified atom stereocenters. The van der Waals surface area contributed by atoms with Gasteiger partial charge < -0.3 is 9.64 Å². The van der Waals surface area contributed by atoms with Crippen LogP contribution in [0, 0.1) is 11.8 Å². The highest BCUT2D eigenvalue weighted by Crippen LogP contribution is 2.22. The first-order valence-corrected chi connectivity index (χ1v) is 8.66. The topological polar surface area (TPSA) is 41.1 Å². The van der Waals surface area contributed by atoms with Gasteiger partial charge in [0.05, 0.1) is 12.3 Å². The Labute approximate surface area is 138 Å². The van der Waals surface area contributed by atoms with E-state index in [1.165, 1.54) is 19.5 Å². The monoisotopic (exact) mass is 313 g/mol. The van der Waals surface area contributed by atoms with E-state index in [9.17, 15) is 0 Å². The summed E-state index contributed by atoms with van der Waals surface area (Å²) in [4.78, 5) is 2.59. The molecule has 0 spiro atoms. The third kappa shape index (κ3) is 4.58. The van der Waals surface area contributed by atoms with Crippen molar-refractivity contribution in [3.63, 3.8) is 0 Å². The van der Waals surface area contributed by atoms with Crippen LogP contribution in [0.3, 0.4) is 0 Å². The van der Waals surface area contributed by atoms with Crippen LogP contribution < -0.4 is 4.74 Å². The Bertz CT molecular complexity index is 569. The normalized spacial score (nSPS) is 22.2. The van der Waals surface area contributed by atoms with Gasteiger partial charge in [0, 0.05) is 31.4 Å². The van der Waals surface area contributed by atoms with E-state index in [4.69, 9.17) is 4.74 Å². The van der Waals surface area contributed by atoms with Crippen LogP contribution in [-0.4, -0.2) is 41.3 Å². The average Bonchev–Trinajstić information content (AvgIpc) is 3.06. The number of piperidine rings is 1. The number of likely N-dealkylation sites (tertiary alicyclic amines) is 1. The third-order valence-electron chi connectivity index (χ3n) is 4.48. The molecule has 1 aliphatic heterocycles. The van der Waals surface area contributed by atoms with E-state index in [-0.39, 0.29) is 0 Å². The molecule has 1 saturated heterocycles. The Morgan fingerprint density at radius 1 is 1.13 bits per heavy atom. The second kappa shape index (κ2) is 7.64. The average molecular weight is 313 g/mol. The van der Waals surface area contributed by atoms with Gasteiger partial charge in [0.2, 0.25) is 0 Å². The van der Waals surface area contributed by atoms with Crippen molar-refractivity contribution in [2.24, 2.45) is 11.8 Å². The fourth-order valence-electron chi connectivity index (χ4n) is 3.60. The van der Waals surface area contributed by atoms with Crippen molar-refractivity contribution in [1.82, 2.24) is 15.1 Å². The van der Waals surface area contributed by atoms with Crippen molar-refractivity contribution in [3.8, 4) is 17.0 Å². The number of rotatable bonds is 6. The lowest BCUT2D eigenvalue weighted by atomic mass is 9.92. The highest BCUT2D eigenvalue weighted by molar-refractivity contribution is 5.59. The third-order valence-corrected chi connectivity index (χ3v) is 4.48. The van der Waals surface area contributed by atoms with Crippen LogP contribution in [0.15, 0.2) is 36.5 Å². The van der Waals surface area contributed by atoms with E-state index in [2.05, 4.69) is 41.1 Å². The van der Waals surface area contributed by atoms with Gasteiger partial charge in [-0.25, -0.2) is 0 Å². The molecule has 0 amide bonds. The molecule has 0 radical (unpaired) electrons. The minimum Gasteiger partial charge on any atom is -0.494 e. The maximum Gasteiger partial charge on any atom is 0.119 e. The molecule has 1 aliphatic rings. The van der Waals surface area contributed by atoms with Gasteiger partial charge >= 0.3 is 0 Å². The van der Waals surface area contributed by atoms with Crippen LogP contribution >= 0.6 is 0 Å². The minimum atomic E-state index is 0.779. The molecule has 4 heteroatoms. The van der Waals surface area contributed by atoms with Crippen molar-refractivity contribution in [2.75, 3.05) is 26.2 Å². The molecule has 1 N–H and O–H groups in total. The second-order valence-corrected chi connectivity index (χ2v) is 6.89. The summed E-state index contributed by atoms with van der Waals surface area (Å²) in [5, 5.41) is 7.02. The second-order valence-electron chi connectivity index (χ2n) is 6.89. The molecular formula is C19H27N3O. The number of nitrogens with zero attached hydrogens (tertiary/aromatic N) is 2. The van der Waals surface area contributed by atoms with Crippen molar-refractivity contribution < 1.29 is 4.74 Å². The summed E-state index contributed by atoms with van der Waals surface area (Å²) in [5.74, 6) is 2.59. The quantitative estimate of drug-likeness (QED) is 0.824. The number of ether oxygens (including phenoxy) is 1. The standard InChI is InChI=1S/C19H27N3O/c1-15-12-16(2)14-22(13-15)10-3-11-23-18-6-4-17(5-7-18)19-8-9-20-21-19/h4-9,15-16H,3,10-14H2,1-2H3,(H,20,21)/t15-,16?/m0/s1. The number of benzene rings is 1. The lowest BCUT2D eigenvalue weighted by Gasteiger charge is -2.34. The fraction of sp³-hybridized carbons (Fsp3) is 0.526. The summed E-state index contributed by atoms with van der Waals surface area (Å²) in [7, 11) is 0. The van der Waals surface area contributed by atoms with Crippen molar-refractivity contribution in [1.29, 1.82) is 0 Å². The molecule has 0 bridgehead atoms. The molecular weight excluding hydrogens is 286 g/mol. The summed E-state index contributed by atoms with van der Waals surface area (Å²) in [6, 6.07) is 10.1. The van der Waals surface area contributed by atoms with Gasteiger partial charge in [0.15, 0.2) is 0 Å². The minimum absolute atomic E-state index is 0.779. The van der Waals surface area contributed by atoms with Crippen LogP contribution in [0.1, 0.15) is 26.7 Å². The van der Waals surface area contributed by atoms with Crippen molar-refractivity contribution >= 4 is 0 Å². The molecule has 0 aliphatic carbocycles. The molecule has 2 heterocycles. The Balaban J connectivity index is 1.40. The van der Waals surface area contributed by atoms with Gasteiger partial charge in [-0.2, -0.15) is 5.10 Å². The lowest BCUT2D eigenvalue weighted by Crippen LogP contribution is -2.39. The molecule has 1 aromatic heterocycles. The van der Waals surface area contributed by atoms with E-state index >= 15 is 0 Å². The number of H-pyrrole nitrogens is 1. The number of hydrogen-bond acceptors (Lipinski definition) is 3. The first-order chi connectivity index (χ1) is 11.2. The zero-order valence-electron chi connectivity index (χ0n) is 14.2. The smallest absolute Gasteiger partial charge is 0.119 e. The van der Waals surface area contributed by atoms with E-state index < -0.39 is 0 Å². The first kappa shape index (κ1) is 16.1. The summed E-state index contributed by atoms with van der Waals surface area (Å²) in [6.07, 6.45) is 4.29. The molecule has 23 heavy (non-hydrogen) atoms. The Morgan fingerprint density at radius 2 is 1.87 bits per heavy atom. The van der Waals surface area contributed by atoms with Crippen molar-refractivity contribution in [3.05, 3.63) is 36.5 Å². The lowest BCUT2D eigenvalue weighted by molar-refractivity contribution is 0.132. The summed E-state index contributed by atoms with van der Waals surface area (Å²) < 4.78 is 5.87. The van der Waals surface area contributed by atoms with Gasteiger partial charge in [-0.15, -0.1) is 0 Å². The molecule has 1 fully saturated rings. The predicted octanol–water partition coefficient (Wildman–Crippen LogP) is 3.82. The van der Waals surface area contributed by atoms with E-state index in [1.807, 2.05) is 24.4 Å². The van der Waals surface area contributed by atoms with Gasteiger partial charge in [-0.05, 0) is 55.0 Å². The van der Waals surface area contributed by atoms with Gasteiger partial charge in [0.1, 0.15) is 5.75 Å². The van der Waals surface area contributed by atoms with Gasteiger partial charge in [0.25, 0.3) is 0 Å². The molecule has 2 aromatic rings. The van der Waals surface area contributed by atoms with Crippen LogP contribution in [-0.2, 0) is 0 Å². The SMILES string of the molecule is CC1C[C@H](C)CN(CCCOc2ccc(-c3cc[nH]n3)cc2)C1. The van der Waals surface area contributed by atoms with Crippen LogP contribution in [0.2, 0.25) is 0 Å². The maximum atomic E-state index is 5.87. The van der Waals surface area contributed by atoms with E-state index in [1.54, 1.807) is 0 Å². The Hall–Kier alpha value is -1.81. The molecule has 1 aromatic carbocycles. The molecule has 3 rings (SSSR count). The highest BCUT2D eigenvalue weighted by atomic mass is 16.5. The molecule has 4 nitrogen and oxygen atoms in total. The summed E-state index contributed by atoms with van der Waals surface area (Å²) in [5.41, 5.74) is 2.07. The predicted molar refractivity (Wildman–Crippen MR) is 93.5 cm³/mol. The number of aromatic amines is 1. The van der Waals surface area contributed by atoms with Crippen molar-refractivity contribution in [2.45, 2.75) is 26.7 Å². The summed E-state index contributed by atoms with van der Waals surface area (Å²) in [6.45, 7) is 9.12. The van der Waals surface area contributed by atoms with Crippen LogP contribution in [0.25, 0.3) is 11.3 Å². The van der Waals surface area contributed by atoms with E-state index in [0.29, 0.717) is 0 Å². The number of nitrogens with one attached hydrogen (secondary N) is 1.